The van der Waals surface area contributed by atoms with Crippen molar-refractivity contribution in [3.8, 4) is 11.4 Å². The van der Waals surface area contributed by atoms with Gasteiger partial charge in [0, 0.05) is 55.0 Å². The van der Waals surface area contributed by atoms with E-state index in [1.54, 1.807) is 12.4 Å². The minimum absolute atomic E-state index is 0.0339. The molecular weight excluding hydrogens is 290 g/mol. The Morgan fingerprint density at radius 2 is 2.22 bits per heavy atom. The lowest BCUT2D eigenvalue weighted by molar-refractivity contribution is 0.238. The maximum absolute atomic E-state index is 12.3. The van der Waals surface area contributed by atoms with Crippen LogP contribution in [0.1, 0.15) is 17.0 Å². The first-order valence-corrected chi connectivity index (χ1v) is 7.67. The lowest BCUT2D eigenvalue weighted by Gasteiger charge is -2.27. The highest BCUT2D eigenvalue weighted by atomic mass is 16.1. The lowest BCUT2D eigenvalue weighted by atomic mass is 10.1. The van der Waals surface area contributed by atoms with Crippen molar-refractivity contribution in [1.29, 1.82) is 0 Å². The molecule has 1 aliphatic rings. The van der Waals surface area contributed by atoms with E-state index >= 15 is 0 Å². The van der Waals surface area contributed by atoms with E-state index in [2.05, 4.69) is 30.9 Å². The minimum atomic E-state index is -0.0339. The molecule has 0 aromatic carbocycles. The van der Waals surface area contributed by atoms with Gasteiger partial charge in [0.1, 0.15) is 5.82 Å². The Hall–Kier alpha value is -2.73. The van der Waals surface area contributed by atoms with Gasteiger partial charge in [-0.25, -0.2) is 4.98 Å². The largest absolute Gasteiger partial charge is 0.364 e. The van der Waals surface area contributed by atoms with Crippen molar-refractivity contribution in [2.75, 3.05) is 6.54 Å². The molecule has 6 heteroatoms. The molecule has 0 saturated carbocycles. The van der Waals surface area contributed by atoms with E-state index in [0.717, 1.165) is 36.3 Å². The van der Waals surface area contributed by atoms with Crippen LogP contribution in [-0.4, -0.2) is 31.4 Å². The zero-order valence-corrected chi connectivity index (χ0v) is 12.6. The van der Waals surface area contributed by atoms with E-state index in [1.807, 2.05) is 24.4 Å². The van der Waals surface area contributed by atoms with E-state index in [9.17, 15) is 4.79 Å². The van der Waals surface area contributed by atoms with Crippen molar-refractivity contribution in [1.82, 2.24) is 24.8 Å². The number of hydrogen-bond acceptors (Lipinski definition) is 4. The SMILES string of the molecule is O=c1[nH]c(-c2cccnc2)nc2c1CCN(Cc1ccc[nH]1)C2. The zero-order chi connectivity index (χ0) is 15.6. The van der Waals surface area contributed by atoms with Crippen molar-refractivity contribution in [2.45, 2.75) is 19.5 Å². The second-order valence-corrected chi connectivity index (χ2v) is 5.74. The summed E-state index contributed by atoms with van der Waals surface area (Å²) < 4.78 is 0. The number of rotatable bonds is 3. The van der Waals surface area contributed by atoms with Gasteiger partial charge in [-0.3, -0.25) is 14.7 Å². The number of aromatic amines is 2. The summed E-state index contributed by atoms with van der Waals surface area (Å²) in [5.41, 5.74) is 3.64. The normalized spacial score (nSPS) is 14.6. The van der Waals surface area contributed by atoms with Crippen LogP contribution in [0.3, 0.4) is 0 Å². The molecular formula is C17H17N5O. The van der Waals surface area contributed by atoms with Crippen LogP contribution in [0.25, 0.3) is 11.4 Å². The average Bonchev–Trinajstić information content (AvgIpc) is 3.08. The Morgan fingerprint density at radius 1 is 1.26 bits per heavy atom. The van der Waals surface area contributed by atoms with Gasteiger partial charge in [0.25, 0.3) is 5.56 Å². The number of pyridine rings is 1. The van der Waals surface area contributed by atoms with E-state index in [-0.39, 0.29) is 5.56 Å². The van der Waals surface area contributed by atoms with Crippen molar-refractivity contribution >= 4 is 0 Å². The number of nitrogens with one attached hydrogen (secondary N) is 2. The van der Waals surface area contributed by atoms with Gasteiger partial charge in [-0.15, -0.1) is 0 Å². The van der Waals surface area contributed by atoms with Crippen molar-refractivity contribution < 1.29 is 0 Å². The van der Waals surface area contributed by atoms with E-state index in [4.69, 9.17) is 0 Å². The van der Waals surface area contributed by atoms with Gasteiger partial charge in [0.15, 0.2) is 0 Å². The molecule has 4 heterocycles. The summed E-state index contributed by atoms with van der Waals surface area (Å²) in [5, 5.41) is 0. The van der Waals surface area contributed by atoms with Crippen LogP contribution < -0.4 is 5.56 Å². The molecule has 6 nitrogen and oxygen atoms in total. The lowest BCUT2D eigenvalue weighted by Crippen LogP contribution is -2.35. The Balaban J connectivity index is 1.64. The van der Waals surface area contributed by atoms with Crippen LogP contribution >= 0.6 is 0 Å². The highest BCUT2D eigenvalue weighted by Crippen LogP contribution is 2.19. The standard InChI is InChI=1S/C17H17N5O/c23-17-14-5-8-22(10-13-4-2-7-19-13)11-15(14)20-16(21-17)12-3-1-6-18-9-12/h1-4,6-7,9,19H,5,8,10-11H2,(H,20,21,23). The average molecular weight is 307 g/mol. The van der Waals surface area contributed by atoms with Gasteiger partial charge >= 0.3 is 0 Å². The summed E-state index contributed by atoms with van der Waals surface area (Å²) in [6.07, 6.45) is 6.07. The number of H-pyrrole nitrogens is 2. The molecule has 2 N–H and O–H groups in total. The zero-order valence-electron chi connectivity index (χ0n) is 12.6. The molecule has 0 fully saturated rings. The maximum Gasteiger partial charge on any atom is 0.254 e. The number of aromatic nitrogens is 4. The quantitative estimate of drug-likeness (QED) is 0.772. The minimum Gasteiger partial charge on any atom is -0.364 e. The topological polar surface area (TPSA) is 77.7 Å². The maximum atomic E-state index is 12.3. The second-order valence-electron chi connectivity index (χ2n) is 5.74. The third kappa shape index (κ3) is 2.80. The molecule has 0 unspecified atom stereocenters. The first-order valence-electron chi connectivity index (χ1n) is 7.67. The van der Waals surface area contributed by atoms with Crippen LogP contribution in [-0.2, 0) is 19.5 Å². The molecule has 0 bridgehead atoms. The Bertz CT molecular complexity index is 854. The Kier molecular flexibility index (Phi) is 3.51. The van der Waals surface area contributed by atoms with Crippen LogP contribution in [0.2, 0.25) is 0 Å². The highest BCUT2D eigenvalue weighted by molar-refractivity contribution is 5.53. The number of hydrogen-bond donors (Lipinski definition) is 2. The fourth-order valence-electron chi connectivity index (χ4n) is 2.98. The smallest absolute Gasteiger partial charge is 0.254 e. The van der Waals surface area contributed by atoms with Gasteiger partial charge in [-0.1, -0.05) is 0 Å². The molecule has 0 radical (unpaired) electrons. The molecule has 0 spiro atoms. The number of nitrogens with zero attached hydrogens (tertiary/aromatic N) is 3. The Labute approximate surface area is 133 Å². The second kappa shape index (κ2) is 5.81. The van der Waals surface area contributed by atoms with Crippen LogP contribution in [0.15, 0.2) is 47.7 Å². The first kappa shape index (κ1) is 13.9. The Morgan fingerprint density at radius 3 is 3.00 bits per heavy atom. The van der Waals surface area contributed by atoms with Crippen LogP contribution in [0.4, 0.5) is 0 Å². The molecule has 0 amide bonds. The first-order chi connectivity index (χ1) is 11.3. The predicted molar refractivity (Wildman–Crippen MR) is 86.7 cm³/mol. The van der Waals surface area contributed by atoms with Gasteiger partial charge in [-0.2, -0.15) is 0 Å². The predicted octanol–water partition coefficient (Wildman–Crippen LogP) is 1.72. The van der Waals surface area contributed by atoms with Gasteiger partial charge in [0.2, 0.25) is 0 Å². The van der Waals surface area contributed by atoms with Crippen molar-refractivity contribution in [3.63, 3.8) is 0 Å². The van der Waals surface area contributed by atoms with Crippen LogP contribution in [0, 0.1) is 0 Å². The molecule has 1 aliphatic heterocycles. The van der Waals surface area contributed by atoms with E-state index in [0.29, 0.717) is 12.4 Å². The number of fused-ring (bicyclic) bond motifs is 1. The molecule has 0 atom stereocenters. The van der Waals surface area contributed by atoms with E-state index in [1.165, 1.54) is 5.69 Å². The van der Waals surface area contributed by atoms with Crippen molar-refractivity contribution in [3.05, 3.63) is 70.2 Å². The third-order valence-corrected chi connectivity index (χ3v) is 4.14. The summed E-state index contributed by atoms with van der Waals surface area (Å²) in [6.45, 7) is 2.39. The molecule has 116 valence electrons. The summed E-state index contributed by atoms with van der Waals surface area (Å²) in [5.74, 6) is 0.587. The fraction of sp³-hybridized carbons (Fsp3) is 0.235. The molecule has 23 heavy (non-hydrogen) atoms. The molecule has 4 rings (SSSR count). The van der Waals surface area contributed by atoms with Gasteiger partial charge < -0.3 is 9.97 Å². The highest BCUT2D eigenvalue weighted by Gasteiger charge is 2.21. The van der Waals surface area contributed by atoms with Crippen LogP contribution in [0.5, 0.6) is 0 Å². The fourth-order valence-corrected chi connectivity index (χ4v) is 2.98. The summed E-state index contributed by atoms with van der Waals surface area (Å²) >= 11 is 0. The van der Waals surface area contributed by atoms with Crippen molar-refractivity contribution in [2.24, 2.45) is 0 Å². The van der Waals surface area contributed by atoms with Gasteiger partial charge in [0.05, 0.1) is 5.69 Å². The monoisotopic (exact) mass is 307 g/mol. The molecule has 3 aromatic heterocycles. The molecule has 0 saturated heterocycles. The molecule has 3 aromatic rings. The van der Waals surface area contributed by atoms with Gasteiger partial charge in [-0.05, 0) is 30.7 Å². The molecule has 0 aliphatic carbocycles. The third-order valence-electron chi connectivity index (χ3n) is 4.14. The summed E-state index contributed by atoms with van der Waals surface area (Å²) in [7, 11) is 0. The van der Waals surface area contributed by atoms with E-state index < -0.39 is 0 Å². The summed E-state index contributed by atoms with van der Waals surface area (Å²) in [6, 6.07) is 7.81. The summed E-state index contributed by atoms with van der Waals surface area (Å²) in [4.78, 5) is 29.5.